The molecule has 2 fully saturated rings. The third-order valence-corrected chi connectivity index (χ3v) is 3.81. The molecule has 14 heavy (non-hydrogen) atoms. The van der Waals surface area contributed by atoms with Crippen LogP contribution in [0, 0.1) is 29.6 Å². The Morgan fingerprint density at radius 2 is 2.14 bits per heavy atom. The van der Waals surface area contributed by atoms with Gasteiger partial charge in [-0.1, -0.05) is 0 Å². The molecule has 0 saturated heterocycles. The average molecular weight is 192 g/mol. The van der Waals surface area contributed by atoms with Crippen LogP contribution >= 0.6 is 0 Å². The number of hydrogen-bond donors (Lipinski definition) is 1. The molecule has 2 heteroatoms. The summed E-state index contributed by atoms with van der Waals surface area (Å²) in [5.74, 6) is 3.42. The predicted molar refractivity (Wildman–Crippen MR) is 53.6 cm³/mol. The van der Waals surface area contributed by atoms with E-state index in [1.165, 1.54) is 6.42 Å². The molecule has 2 atom stereocenters. The van der Waals surface area contributed by atoms with Crippen LogP contribution in [0.2, 0.25) is 0 Å². The van der Waals surface area contributed by atoms with Gasteiger partial charge >= 0.3 is 5.97 Å². The zero-order valence-corrected chi connectivity index (χ0v) is 8.33. The first-order valence-electron chi connectivity index (χ1n) is 5.35. The third kappa shape index (κ3) is 1.52. The molecule has 0 heterocycles. The summed E-state index contributed by atoms with van der Waals surface area (Å²) in [7, 11) is 0. The van der Waals surface area contributed by atoms with Crippen LogP contribution in [0.5, 0.6) is 0 Å². The van der Waals surface area contributed by atoms with Gasteiger partial charge in [-0.3, -0.25) is 4.79 Å². The number of carbonyl (C=O) groups is 1. The quantitative estimate of drug-likeness (QED) is 0.548. The zero-order chi connectivity index (χ0) is 10.2. The molecule has 2 aliphatic rings. The van der Waals surface area contributed by atoms with E-state index in [2.05, 4.69) is 5.92 Å². The van der Waals surface area contributed by atoms with Gasteiger partial charge < -0.3 is 5.11 Å². The number of terminal acetylenes is 1. The fourth-order valence-corrected chi connectivity index (χ4v) is 2.91. The van der Waals surface area contributed by atoms with Crippen molar-refractivity contribution in [2.45, 2.75) is 38.5 Å². The van der Waals surface area contributed by atoms with E-state index < -0.39 is 11.4 Å². The van der Waals surface area contributed by atoms with Gasteiger partial charge in [0.1, 0.15) is 0 Å². The van der Waals surface area contributed by atoms with E-state index in [4.69, 9.17) is 6.42 Å². The van der Waals surface area contributed by atoms with Crippen LogP contribution in [-0.4, -0.2) is 11.1 Å². The summed E-state index contributed by atoms with van der Waals surface area (Å²) >= 11 is 0. The molecule has 2 aliphatic carbocycles. The molecule has 1 N–H and O–H groups in total. The highest BCUT2D eigenvalue weighted by molar-refractivity contribution is 5.75. The second-order valence-corrected chi connectivity index (χ2v) is 4.81. The van der Waals surface area contributed by atoms with Gasteiger partial charge in [0.15, 0.2) is 0 Å². The largest absolute Gasteiger partial charge is 0.481 e. The predicted octanol–water partition coefficient (Wildman–Crippen LogP) is 2.29. The van der Waals surface area contributed by atoms with Crippen LogP contribution < -0.4 is 0 Å². The first-order valence-corrected chi connectivity index (χ1v) is 5.35. The van der Waals surface area contributed by atoms with E-state index in [1.54, 1.807) is 0 Å². The fourth-order valence-electron chi connectivity index (χ4n) is 2.91. The Kier molecular flexibility index (Phi) is 2.26. The van der Waals surface area contributed by atoms with Gasteiger partial charge in [0.05, 0.1) is 5.41 Å². The molecule has 76 valence electrons. The van der Waals surface area contributed by atoms with Crippen molar-refractivity contribution in [3.05, 3.63) is 0 Å². The minimum atomic E-state index is -0.596. The van der Waals surface area contributed by atoms with Crippen LogP contribution in [0.4, 0.5) is 0 Å². The number of rotatable bonds is 4. The lowest BCUT2D eigenvalue weighted by atomic mass is 9.78. The summed E-state index contributed by atoms with van der Waals surface area (Å²) in [6, 6.07) is 0. The Labute approximate surface area is 84.7 Å². The Morgan fingerprint density at radius 1 is 1.50 bits per heavy atom. The Morgan fingerprint density at radius 3 is 2.64 bits per heavy atom. The van der Waals surface area contributed by atoms with Crippen molar-refractivity contribution >= 4 is 5.97 Å². The molecular weight excluding hydrogens is 176 g/mol. The number of unbranched alkanes of at least 4 members (excludes halogenated alkanes) is 1. The monoisotopic (exact) mass is 192 g/mol. The normalized spacial score (nSPS) is 38.8. The van der Waals surface area contributed by atoms with E-state index >= 15 is 0 Å². The highest BCUT2D eigenvalue weighted by atomic mass is 16.4. The number of fused-ring (bicyclic) bond motifs is 1. The maximum Gasteiger partial charge on any atom is 0.309 e. The zero-order valence-electron chi connectivity index (χ0n) is 8.33. The van der Waals surface area contributed by atoms with Crippen molar-refractivity contribution in [3.8, 4) is 12.3 Å². The summed E-state index contributed by atoms with van der Waals surface area (Å²) in [4.78, 5) is 11.2. The molecule has 0 aromatic rings. The summed E-state index contributed by atoms with van der Waals surface area (Å²) < 4.78 is 0. The van der Waals surface area contributed by atoms with E-state index in [-0.39, 0.29) is 0 Å². The van der Waals surface area contributed by atoms with Crippen LogP contribution in [-0.2, 0) is 4.79 Å². The topological polar surface area (TPSA) is 37.3 Å². The van der Waals surface area contributed by atoms with Crippen LogP contribution in [0.1, 0.15) is 38.5 Å². The van der Waals surface area contributed by atoms with Crippen molar-refractivity contribution in [1.82, 2.24) is 0 Å². The van der Waals surface area contributed by atoms with Gasteiger partial charge in [0, 0.05) is 6.42 Å². The van der Waals surface area contributed by atoms with Gasteiger partial charge in [-0.05, 0) is 43.9 Å². The molecule has 0 radical (unpaired) electrons. The number of aliphatic carboxylic acids is 1. The molecule has 2 nitrogen and oxygen atoms in total. The van der Waals surface area contributed by atoms with E-state index in [9.17, 15) is 9.90 Å². The molecule has 0 spiro atoms. The molecule has 2 saturated carbocycles. The van der Waals surface area contributed by atoms with Crippen molar-refractivity contribution in [1.29, 1.82) is 0 Å². The SMILES string of the molecule is C#CCCCC1(C(=O)O)CC2CC2C1. The van der Waals surface area contributed by atoms with E-state index in [0.29, 0.717) is 6.42 Å². The highest BCUT2D eigenvalue weighted by Crippen LogP contribution is 2.61. The van der Waals surface area contributed by atoms with Gasteiger partial charge in [-0.2, -0.15) is 0 Å². The first kappa shape index (κ1) is 9.58. The van der Waals surface area contributed by atoms with Crippen molar-refractivity contribution in [2.75, 3.05) is 0 Å². The number of carboxylic acids is 1. The van der Waals surface area contributed by atoms with E-state index in [1.807, 2.05) is 0 Å². The molecule has 0 aromatic heterocycles. The molecule has 0 aliphatic heterocycles. The molecular formula is C12H16O2. The molecule has 0 aromatic carbocycles. The summed E-state index contributed by atoms with van der Waals surface area (Å²) in [6.45, 7) is 0. The highest BCUT2D eigenvalue weighted by Gasteiger charge is 2.56. The Balaban J connectivity index is 1.94. The molecule has 2 rings (SSSR count). The summed E-state index contributed by atoms with van der Waals surface area (Å²) in [6.07, 6.45) is 10.6. The second-order valence-electron chi connectivity index (χ2n) is 4.81. The standard InChI is InChI=1S/C12H16O2/c1-2-3-4-5-12(11(13)14)7-9-6-10(9)8-12/h1,9-10H,3-8H2,(H,13,14). The maximum atomic E-state index is 11.2. The summed E-state index contributed by atoms with van der Waals surface area (Å²) in [5, 5.41) is 9.25. The smallest absolute Gasteiger partial charge is 0.309 e. The van der Waals surface area contributed by atoms with Crippen molar-refractivity contribution in [2.24, 2.45) is 17.3 Å². The maximum absolute atomic E-state index is 11.2. The van der Waals surface area contributed by atoms with E-state index in [0.717, 1.165) is 37.5 Å². The average Bonchev–Trinajstić information content (AvgIpc) is 2.75. The minimum absolute atomic E-state index is 0.412. The van der Waals surface area contributed by atoms with Crippen LogP contribution in [0.15, 0.2) is 0 Å². The number of hydrogen-bond acceptors (Lipinski definition) is 1. The van der Waals surface area contributed by atoms with Gasteiger partial charge in [0.2, 0.25) is 0 Å². The Hall–Kier alpha value is -0.970. The van der Waals surface area contributed by atoms with Gasteiger partial charge in [0.25, 0.3) is 0 Å². The molecule has 0 amide bonds. The third-order valence-electron chi connectivity index (χ3n) is 3.81. The number of carboxylic acid groups (broad SMARTS) is 1. The lowest BCUT2D eigenvalue weighted by molar-refractivity contribution is -0.149. The fraction of sp³-hybridized carbons (Fsp3) is 0.750. The molecule has 2 unspecified atom stereocenters. The van der Waals surface area contributed by atoms with Crippen molar-refractivity contribution < 1.29 is 9.90 Å². The first-order chi connectivity index (χ1) is 6.68. The van der Waals surface area contributed by atoms with Crippen LogP contribution in [0.3, 0.4) is 0 Å². The Bertz CT molecular complexity index is 277. The van der Waals surface area contributed by atoms with Crippen molar-refractivity contribution in [3.63, 3.8) is 0 Å². The van der Waals surface area contributed by atoms with Gasteiger partial charge in [-0.15, -0.1) is 12.3 Å². The summed E-state index contributed by atoms with van der Waals surface area (Å²) in [5.41, 5.74) is -0.412. The lowest BCUT2D eigenvalue weighted by Crippen LogP contribution is -2.29. The lowest BCUT2D eigenvalue weighted by Gasteiger charge is -2.25. The minimum Gasteiger partial charge on any atom is -0.481 e. The molecule has 0 bridgehead atoms. The van der Waals surface area contributed by atoms with Gasteiger partial charge in [-0.25, -0.2) is 0 Å². The second kappa shape index (κ2) is 3.31. The van der Waals surface area contributed by atoms with Crippen LogP contribution in [0.25, 0.3) is 0 Å².